The molecule has 5 nitrogen and oxygen atoms in total. The predicted octanol–water partition coefficient (Wildman–Crippen LogP) is 3.42. The van der Waals surface area contributed by atoms with Crippen molar-refractivity contribution in [3.8, 4) is 0 Å². The summed E-state index contributed by atoms with van der Waals surface area (Å²) in [4.78, 5) is 12.0. The molecular formula is C14H23IN4OSi. The molecule has 21 heavy (non-hydrogen) atoms. The first-order chi connectivity index (χ1) is 9.83. The van der Waals surface area contributed by atoms with Crippen molar-refractivity contribution in [3.63, 3.8) is 0 Å². The van der Waals surface area contributed by atoms with Gasteiger partial charge in [-0.15, -0.1) is 0 Å². The number of rotatable bonds is 7. The average molecular weight is 418 g/mol. The van der Waals surface area contributed by atoms with Crippen molar-refractivity contribution in [1.29, 1.82) is 0 Å². The number of aromatic amines is 1. The molecule has 0 atom stereocenters. The summed E-state index contributed by atoms with van der Waals surface area (Å²) in [6.45, 7) is 10.4. The highest BCUT2D eigenvalue weighted by Crippen LogP contribution is 2.12. The average Bonchev–Trinajstić information content (AvgIpc) is 2.91. The van der Waals surface area contributed by atoms with Crippen LogP contribution < -0.4 is 0 Å². The Balaban J connectivity index is 1.93. The molecule has 1 N–H and O–H groups in total. The van der Waals surface area contributed by atoms with Gasteiger partial charge in [0.05, 0.1) is 0 Å². The Labute approximate surface area is 140 Å². The number of nitrogens with one attached hydrogen (secondary N) is 1. The summed E-state index contributed by atoms with van der Waals surface area (Å²) in [5.74, 6) is 1.94. The number of aromatic nitrogens is 4. The number of aryl methyl sites for hydroxylation is 1. The van der Waals surface area contributed by atoms with E-state index >= 15 is 0 Å². The second-order valence-electron chi connectivity index (χ2n) is 6.47. The molecule has 2 aromatic heterocycles. The van der Waals surface area contributed by atoms with Gasteiger partial charge in [-0.2, -0.15) is 0 Å². The molecule has 0 unspecified atom stereocenters. The molecule has 7 heteroatoms. The molecule has 0 aromatic carbocycles. The predicted molar refractivity (Wildman–Crippen MR) is 95.2 cm³/mol. The van der Waals surface area contributed by atoms with Gasteiger partial charge in [0, 0.05) is 39.2 Å². The summed E-state index contributed by atoms with van der Waals surface area (Å²) in [7, 11) is -1.03. The second-order valence-corrected chi connectivity index (χ2v) is 13.2. The maximum atomic E-state index is 5.82. The first kappa shape index (κ1) is 16.7. The summed E-state index contributed by atoms with van der Waals surface area (Å²) in [5.41, 5.74) is 1.08. The lowest BCUT2D eigenvalue weighted by molar-refractivity contribution is 0.0853. The van der Waals surface area contributed by atoms with E-state index in [0.29, 0.717) is 6.73 Å². The van der Waals surface area contributed by atoms with E-state index < -0.39 is 8.07 Å². The first-order valence-electron chi connectivity index (χ1n) is 7.13. The Kier molecular flexibility index (Phi) is 5.61. The molecule has 0 saturated heterocycles. The highest BCUT2D eigenvalue weighted by molar-refractivity contribution is 14.1. The number of H-pyrrole nitrogens is 1. The van der Waals surface area contributed by atoms with Crippen LogP contribution in [0, 0.1) is 10.6 Å². The fourth-order valence-corrected chi connectivity index (χ4v) is 3.32. The number of imidazole rings is 2. The number of hydrogen-bond donors (Lipinski definition) is 1. The fraction of sp³-hybridized carbons (Fsp3) is 0.571. The Bertz CT molecular complexity index is 588. The minimum absolute atomic E-state index is 0.572. The van der Waals surface area contributed by atoms with Crippen LogP contribution in [0.2, 0.25) is 25.7 Å². The molecule has 2 rings (SSSR count). The van der Waals surface area contributed by atoms with E-state index in [-0.39, 0.29) is 0 Å². The molecule has 2 aromatic rings. The van der Waals surface area contributed by atoms with E-state index in [1.807, 2.05) is 19.3 Å². The second kappa shape index (κ2) is 7.06. The summed E-state index contributed by atoms with van der Waals surface area (Å²) >= 11 is 2.24. The van der Waals surface area contributed by atoms with E-state index in [0.717, 1.165) is 34.1 Å². The minimum Gasteiger partial charge on any atom is -0.361 e. The van der Waals surface area contributed by atoms with Gasteiger partial charge in [-0.25, -0.2) is 9.97 Å². The maximum absolute atomic E-state index is 5.82. The summed E-state index contributed by atoms with van der Waals surface area (Å²) < 4.78 is 8.90. The van der Waals surface area contributed by atoms with Crippen LogP contribution in [0.5, 0.6) is 0 Å². The number of ether oxygens (including phenoxy) is 1. The van der Waals surface area contributed by atoms with Crippen molar-refractivity contribution in [1.82, 2.24) is 19.5 Å². The van der Waals surface area contributed by atoms with Crippen LogP contribution in [0.4, 0.5) is 0 Å². The van der Waals surface area contributed by atoms with Gasteiger partial charge in [0.15, 0.2) is 0 Å². The topological polar surface area (TPSA) is 55.7 Å². The van der Waals surface area contributed by atoms with E-state index in [2.05, 4.69) is 61.8 Å². The van der Waals surface area contributed by atoms with Gasteiger partial charge in [0.1, 0.15) is 22.1 Å². The minimum atomic E-state index is -1.03. The van der Waals surface area contributed by atoms with Crippen LogP contribution in [0.3, 0.4) is 0 Å². The number of hydrogen-bond acceptors (Lipinski definition) is 3. The van der Waals surface area contributed by atoms with Crippen molar-refractivity contribution in [2.24, 2.45) is 0 Å². The van der Waals surface area contributed by atoms with Gasteiger partial charge in [-0.05, 0) is 35.6 Å². The molecule has 0 spiro atoms. The molecule has 0 aliphatic heterocycles. The third kappa shape index (κ3) is 5.55. The van der Waals surface area contributed by atoms with Gasteiger partial charge >= 0.3 is 0 Å². The zero-order valence-electron chi connectivity index (χ0n) is 13.1. The molecule has 0 bridgehead atoms. The first-order valence-corrected chi connectivity index (χ1v) is 11.9. The molecule has 0 aliphatic rings. The molecule has 0 aliphatic carbocycles. The summed E-state index contributed by atoms with van der Waals surface area (Å²) in [6.07, 6.45) is 4.65. The molecule has 0 radical (unpaired) electrons. The molecule has 0 fully saturated rings. The lowest BCUT2D eigenvalue weighted by Crippen LogP contribution is -2.22. The molecular weight excluding hydrogens is 395 g/mol. The normalized spacial score (nSPS) is 12.0. The Hall–Kier alpha value is -0.673. The quantitative estimate of drug-likeness (QED) is 0.426. The van der Waals surface area contributed by atoms with Crippen LogP contribution in [0.15, 0.2) is 12.4 Å². The van der Waals surface area contributed by atoms with Crippen molar-refractivity contribution < 1.29 is 4.74 Å². The summed E-state index contributed by atoms with van der Waals surface area (Å²) in [5, 5.41) is 0. The maximum Gasteiger partial charge on any atom is 0.124 e. The molecule has 2 heterocycles. The van der Waals surface area contributed by atoms with Gasteiger partial charge in [0.25, 0.3) is 0 Å². The van der Waals surface area contributed by atoms with Crippen molar-refractivity contribution in [2.45, 2.75) is 45.8 Å². The molecule has 116 valence electrons. The SMILES string of the molecule is Cc1ncc(Cc2nc(I)cn2COCC[Si](C)(C)C)[nH]1. The Morgan fingerprint density at radius 3 is 2.76 bits per heavy atom. The smallest absolute Gasteiger partial charge is 0.124 e. The van der Waals surface area contributed by atoms with Crippen molar-refractivity contribution in [3.05, 3.63) is 33.4 Å². The van der Waals surface area contributed by atoms with E-state index in [4.69, 9.17) is 4.74 Å². The van der Waals surface area contributed by atoms with Crippen molar-refractivity contribution >= 4 is 30.7 Å². The molecule has 0 amide bonds. The van der Waals surface area contributed by atoms with Gasteiger partial charge in [-0.3, -0.25) is 0 Å². The Morgan fingerprint density at radius 2 is 2.14 bits per heavy atom. The lowest BCUT2D eigenvalue weighted by Gasteiger charge is -2.16. The third-order valence-electron chi connectivity index (χ3n) is 3.16. The van der Waals surface area contributed by atoms with Gasteiger partial charge < -0.3 is 14.3 Å². The van der Waals surface area contributed by atoms with Crippen LogP contribution in [-0.2, 0) is 17.9 Å². The summed E-state index contributed by atoms with van der Waals surface area (Å²) in [6, 6.07) is 1.19. The van der Waals surface area contributed by atoms with Gasteiger partial charge in [0.2, 0.25) is 0 Å². The van der Waals surface area contributed by atoms with Gasteiger partial charge in [-0.1, -0.05) is 19.6 Å². The Morgan fingerprint density at radius 1 is 1.38 bits per heavy atom. The monoisotopic (exact) mass is 418 g/mol. The van der Waals surface area contributed by atoms with E-state index in [9.17, 15) is 0 Å². The van der Waals surface area contributed by atoms with E-state index in [1.165, 1.54) is 6.04 Å². The lowest BCUT2D eigenvalue weighted by atomic mass is 10.3. The van der Waals surface area contributed by atoms with Crippen LogP contribution in [0.25, 0.3) is 0 Å². The number of nitrogens with zero attached hydrogens (tertiary/aromatic N) is 3. The van der Waals surface area contributed by atoms with Crippen LogP contribution >= 0.6 is 22.6 Å². The third-order valence-corrected chi connectivity index (χ3v) is 5.38. The largest absolute Gasteiger partial charge is 0.361 e. The van der Waals surface area contributed by atoms with Crippen molar-refractivity contribution in [2.75, 3.05) is 6.61 Å². The molecule has 0 saturated carbocycles. The van der Waals surface area contributed by atoms with Crippen LogP contribution in [0.1, 0.15) is 17.3 Å². The zero-order chi connectivity index (χ0) is 15.5. The fourth-order valence-electron chi connectivity index (χ4n) is 1.95. The highest BCUT2D eigenvalue weighted by atomic mass is 127. The standard InChI is InChI=1S/C14H23IN4OSi/c1-11-16-8-12(17-11)7-14-18-13(15)9-19(14)10-20-5-6-21(2,3)4/h8-9H,5-7,10H2,1-4H3,(H,16,17). The zero-order valence-corrected chi connectivity index (χ0v) is 16.3. The highest BCUT2D eigenvalue weighted by Gasteiger charge is 2.13. The van der Waals surface area contributed by atoms with Crippen LogP contribution in [-0.4, -0.2) is 34.2 Å². The number of halogens is 1. The van der Waals surface area contributed by atoms with E-state index in [1.54, 1.807) is 0 Å².